The second kappa shape index (κ2) is 5.33. The van der Waals surface area contributed by atoms with E-state index in [0.29, 0.717) is 0 Å². The third kappa shape index (κ3) is 3.04. The molecule has 0 nitrogen and oxygen atoms in total. The number of halogens is 1. The molecule has 1 rings (SSSR count). The summed E-state index contributed by atoms with van der Waals surface area (Å²) in [6.45, 7) is 11.9. The van der Waals surface area contributed by atoms with Crippen molar-refractivity contribution in [2.75, 3.05) is 0 Å². The Morgan fingerprint density at radius 2 is 2.09 bits per heavy atom. The fourth-order valence-corrected chi connectivity index (χ4v) is 2.03. The third-order valence-electron chi connectivity index (χ3n) is 1.11. The molecule has 0 aromatic carbocycles. The molecular formula is C9H11BrS. The number of hydrogen-bond acceptors (Lipinski definition) is 1. The lowest BCUT2D eigenvalue weighted by Crippen LogP contribution is -1.68. The van der Waals surface area contributed by atoms with Crippen molar-refractivity contribution in [1.29, 1.82) is 0 Å². The molecule has 11 heavy (non-hydrogen) atoms. The zero-order chi connectivity index (χ0) is 8.85. The molecule has 0 aliphatic heterocycles. The summed E-state index contributed by atoms with van der Waals surface area (Å²) < 4.78 is 0.981. The van der Waals surface area contributed by atoms with Crippen LogP contribution in [-0.4, -0.2) is 0 Å². The van der Waals surface area contributed by atoms with Crippen LogP contribution in [0.5, 0.6) is 0 Å². The van der Waals surface area contributed by atoms with E-state index >= 15 is 0 Å². The molecule has 0 saturated heterocycles. The van der Waals surface area contributed by atoms with Gasteiger partial charge in [0.25, 0.3) is 0 Å². The van der Waals surface area contributed by atoms with E-state index < -0.39 is 0 Å². The van der Waals surface area contributed by atoms with Crippen LogP contribution in [0, 0.1) is 6.92 Å². The summed E-state index contributed by atoms with van der Waals surface area (Å²) in [4.78, 5) is 1.25. The lowest BCUT2D eigenvalue weighted by molar-refractivity contribution is 1.53. The van der Waals surface area contributed by atoms with Gasteiger partial charge in [0, 0.05) is 9.36 Å². The Kier molecular flexibility index (Phi) is 5.16. The first kappa shape index (κ1) is 10.7. The Bertz CT molecular complexity index is 237. The lowest BCUT2D eigenvalue weighted by atomic mass is 10.3. The largest absolute Gasteiger partial charge is 0.143 e. The monoisotopic (exact) mass is 230 g/mol. The molecule has 1 aromatic heterocycles. The van der Waals surface area contributed by atoms with Gasteiger partial charge >= 0.3 is 0 Å². The van der Waals surface area contributed by atoms with E-state index in [9.17, 15) is 0 Å². The summed E-state index contributed by atoms with van der Waals surface area (Å²) in [5, 5.41) is 2.07. The van der Waals surface area contributed by atoms with Gasteiger partial charge in [0.05, 0.1) is 0 Å². The first-order chi connectivity index (χ1) is 5.22. The van der Waals surface area contributed by atoms with E-state index in [1.165, 1.54) is 10.4 Å². The van der Waals surface area contributed by atoms with Crippen molar-refractivity contribution in [2.45, 2.75) is 6.92 Å². The summed E-state index contributed by atoms with van der Waals surface area (Å²) in [7, 11) is 0. The summed E-state index contributed by atoms with van der Waals surface area (Å²) in [5.41, 5.74) is 1.29. The second-order valence-electron chi connectivity index (χ2n) is 1.84. The van der Waals surface area contributed by atoms with Crippen LogP contribution in [0.1, 0.15) is 10.4 Å². The normalized spacial score (nSPS) is 8.18. The molecule has 0 atom stereocenters. The highest BCUT2D eigenvalue weighted by atomic mass is 79.9. The average Bonchev–Trinajstić information content (AvgIpc) is 2.39. The van der Waals surface area contributed by atoms with Gasteiger partial charge in [-0.15, -0.1) is 24.5 Å². The Labute approximate surface area is 80.4 Å². The molecule has 0 amide bonds. The van der Waals surface area contributed by atoms with Crippen LogP contribution in [0.2, 0.25) is 0 Å². The van der Waals surface area contributed by atoms with E-state index in [0.717, 1.165) is 4.48 Å². The van der Waals surface area contributed by atoms with Gasteiger partial charge < -0.3 is 0 Å². The van der Waals surface area contributed by atoms with Gasteiger partial charge in [-0.2, -0.15) is 0 Å². The van der Waals surface area contributed by atoms with E-state index in [4.69, 9.17) is 0 Å². The minimum absolute atomic E-state index is 0.981. The average molecular weight is 231 g/mol. The zero-order valence-electron chi connectivity index (χ0n) is 6.56. The molecule has 60 valence electrons. The van der Waals surface area contributed by atoms with Crippen molar-refractivity contribution in [3.05, 3.63) is 41.6 Å². The SMILES string of the molecule is C=C.C=C(Br)c1sccc1C. The highest BCUT2D eigenvalue weighted by Crippen LogP contribution is 2.27. The summed E-state index contributed by atoms with van der Waals surface area (Å²) in [6, 6.07) is 2.09. The quantitative estimate of drug-likeness (QED) is 0.634. The maximum atomic E-state index is 3.79. The van der Waals surface area contributed by atoms with Crippen LogP contribution < -0.4 is 0 Å². The minimum Gasteiger partial charge on any atom is -0.143 e. The molecule has 0 fully saturated rings. The van der Waals surface area contributed by atoms with Crippen molar-refractivity contribution in [1.82, 2.24) is 0 Å². The van der Waals surface area contributed by atoms with Crippen molar-refractivity contribution in [3.63, 3.8) is 0 Å². The molecule has 0 unspecified atom stereocenters. The lowest BCUT2D eigenvalue weighted by Gasteiger charge is -1.91. The number of thiophene rings is 1. The fourth-order valence-electron chi connectivity index (χ4n) is 0.651. The molecule has 1 heterocycles. The van der Waals surface area contributed by atoms with Crippen molar-refractivity contribution >= 4 is 31.7 Å². The first-order valence-corrected chi connectivity index (χ1v) is 4.78. The van der Waals surface area contributed by atoms with E-state index in [1.54, 1.807) is 11.3 Å². The number of aryl methyl sites for hydroxylation is 1. The zero-order valence-corrected chi connectivity index (χ0v) is 8.96. The van der Waals surface area contributed by atoms with E-state index in [2.05, 4.69) is 54.0 Å². The van der Waals surface area contributed by atoms with Crippen molar-refractivity contribution < 1.29 is 0 Å². The maximum Gasteiger partial charge on any atom is 0.0435 e. The van der Waals surface area contributed by atoms with Gasteiger partial charge in [-0.1, -0.05) is 6.58 Å². The number of hydrogen-bond donors (Lipinski definition) is 0. The van der Waals surface area contributed by atoms with Gasteiger partial charge in [0.1, 0.15) is 0 Å². The van der Waals surface area contributed by atoms with Crippen LogP contribution >= 0.6 is 27.3 Å². The first-order valence-electron chi connectivity index (χ1n) is 3.10. The molecule has 0 radical (unpaired) electrons. The van der Waals surface area contributed by atoms with Crippen molar-refractivity contribution in [3.8, 4) is 0 Å². The fraction of sp³-hybridized carbons (Fsp3) is 0.111. The topological polar surface area (TPSA) is 0 Å². The smallest absolute Gasteiger partial charge is 0.0435 e. The van der Waals surface area contributed by atoms with Crippen LogP contribution in [0.3, 0.4) is 0 Å². The van der Waals surface area contributed by atoms with Gasteiger partial charge in [0.2, 0.25) is 0 Å². The van der Waals surface area contributed by atoms with Crippen LogP contribution in [-0.2, 0) is 0 Å². The Hall–Kier alpha value is -0.340. The molecule has 0 bridgehead atoms. The highest BCUT2D eigenvalue weighted by molar-refractivity contribution is 9.15. The Morgan fingerprint density at radius 3 is 2.27 bits per heavy atom. The van der Waals surface area contributed by atoms with Crippen LogP contribution in [0.25, 0.3) is 4.48 Å². The molecular weight excluding hydrogens is 220 g/mol. The predicted octanol–water partition coefficient (Wildman–Crippen LogP) is 4.22. The summed E-state index contributed by atoms with van der Waals surface area (Å²) in [6.07, 6.45) is 0. The molecule has 0 saturated carbocycles. The van der Waals surface area contributed by atoms with Gasteiger partial charge in [-0.25, -0.2) is 0 Å². The van der Waals surface area contributed by atoms with Crippen LogP contribution in [0.4, 0.5) is 0 Å². The number of rotatable bonds is 1. The molecule has 2 heteroatoms. The third-order valence-corrected chi connectivity index (χ3v) is 2.84. The van der Waals surface area contributed by atoms with Crippen molar-refractivity contribution in [2.24, 2.45) is 0 Å². The van der Waals surface area contributed by atoms with Gasteiger partial charge in [-0.3, -0.25) is 0 Å². The minimum atomic E-state index is 0.981. The summed E-state index contributed by atoms with van der Waals surface area (Å²) in [5.74, 6) is 0. The van der Waals surface area contributed by atoms with E-state index in [1.807, 2.05) is 0 Å². The standard InChI is InChI=1S/C7H7BrS.C2H4/c1-5-3-4-9-7(5)6(2)8;1-2/h3-4H,2H2,1H3;1-2H2. The van der Waals surface area contributed by atoms with Gasteiger partial charge in [-0.05, 0) is 39.9 Å². The molecule has 0 N–H and O–H groups in total. The molecule has 1 aromatic rings. The molecule has 0 spiro atoms. The summed E-state index contributed by atoms with van der Waals surface area (Å²) >= 11 is 5.04. The maximum absolute atomic E-state index is 3.79. The molecule has 0 aliphatic carbocycles. The Morgan fingerprint density at radius 1 is 1.55 bits per heavy atom. The highest BCUT2D eigenvalue weighted by Gasteiger charge is 1.98. The van der Waals surface area contributed by atoms with E-state index in [-0.39, 0.29) is 0 Å². The second-order valence-corrected chi connectivity index (χ2v) is 3.71. The van der Waals surface area contributed by atoms with Crippen LogP contribution in [0.15, 0.2) is 31.2 Å². The Balaban J connectivity index is 0.000000461. The van der Waals surface area contributed by atoms with Gasteiger partial charge in [0.15, 0.2) is 0 Å². The molecule has 0 aliphatic rings. The predicted molar refractivity (Wildman–Crippen MR) is 58.3 cm³/mol.